The van der Waals surface area contributed by atoms with Crippen LogP contribution in [0.2, 0.25) is 0 Å². The molecule has 0 aliphatic carbocycles. The first kappa shape index (κ1) is 19.4. The Morgan fingerprint density at radius 1 is 1.21 bits per heavy atom. The maximum Gasteiger partial charge on any atom is 0.224 e. The van der Waals surface area contributed by atoms with Crippen molar-refractivity contribution in [3.8, 4) is 10.9 Å². The molecular weight excluding hydrogens is 386 g/mol. The molecular formula is C21H25N5O2S. The summed E-state index contributed by atoms with van der Waals surface area (Å²) in [6.45, 7) is 2.19. The minimum absolute atomic E-state index is 0.0275. The highest BCUT2D eigenvalue weighted by Crippen LogP contribution is 2.28. The number of nitrogens with one attached hydrogen (secondary N) is 1. The van der Waals surface area contributed by atoms with Crippen LogP contribution in [0.3, 0.4) is 0 Å². The first-order valence-electron chi connectivity index (χ1n) is 9.86. The topological polar surface area (TPSA) is 72.3 Å². The first-order valence-corrected chi connectivity index (χ1v) is 10.7. The molecule has 7 nitrogen and oxygen atoms in total. The Morgan fingerprint density at radius 2 is 2.00 bits per heavy atom. The maximum absolute atomic E-state index is 12.7. The normalized spacial score (nSPS) is 16.6. The van der Waals surface area contributed by atoms with E-state index >= 15 is 0 Å². The highest BCUT2D eigenvalue weighted by Gasteiger charge is 2.27. The molecule has 0 spiro atoms. The van der Waals surface area contributed by atoms with Gasteiger partial charge in [0.2, 0.25) is 16.2 Å². The lowest BCUT2D eigenvalue weighted by Crippen LogP contribution is -2.43. The third-order valence-electron chi connectivity index (χ3n) is 5.18. The molecule has 152 valence electrons. The molecule has 2 aromatic heterocycles. The zero-order valence-corrected chi connectivity index (χ0v) is 17.3. The van der Waals surface area contributed by atoms with Crippen molar-refractivity contribution in [1.82, 2.24) is 20.1 Å². The lowest BCUT2D eigenvalue weighted by atomic mass is 9.97. The van der Waals surface area contributed by atoms with Gasteiger partial charge in [-0.3, -0.25) is 9.36 Å². The average molecular weight is 412 g/mol. The molecule has 1 aliphatic heterocycles. The number of hydrogen-bond acceptors (Lipinski definition) is 6. The monoisotopic (exact) mass is 411 g/mol. The number of carbonyl (C=O) groups excluding carboxylic acids is 1. The van der Waals surface area contributed by atoms with Gasteiger partial charge in [-0.1, -0.05) is 29.5 Å². The van der Waals surface area contributed by atoms with E-state index in [1.54, 1.807) is 18.4 Å². The predicted molar refractivity (Wildman–Crippen MR) is 114 cm³/mol. The minimum Gasteiger partial charge on any atom is -0.496 e. The second-order valence-electron chi connectivity index (χ2n) is 7.10. The zero-order valence-electron chi connectivity index (χ0n) is 16.5. The largest absolute Gasteiger partial charge is 0.496 e. The minimum atomic E-state index is -0.0275. The highest BCUT2D eigenvalue weighted by molar-refractivity contribution is 7.17. The van der Waals surface area contributed by atoms with Crippen molar-refractivity contribution in [2.45, 2.75) is 19.3 Å². The van der Waals surface area contributed by atoms with Gasteiger partial charge in [0, 0.05) is 32.0 Å². The fourth-order valence-corrected chi connectivity index (χ4v) is 4.49. The van der Waals surface area contributed by atoms with E-state index in [2.05, 4.69) is 20.4 Å². The molecule has 1 atom stereocenters. The van der Waals surface area contributed by atoms with Gasteiger partial charge < -0.3 is 15.0 Å². The number of piperidine rings is 1. The van der Waals surface area contributed by atoms with Gasteiger partial charge in [0.1, 0.15) is 5.75 Å². The van der Waals surface area contributed by atoms with Gasteiger partial charge in [-0.2, -0.15) is 0 Å². The summed E-state index contributed by atoms with van der Waals surface area (Å²) >= 11 is 1.55. The number of anilines is 1. The first-order chi connectivity index (χ1) is 14.2. The van der Waals surface area contributed by atoms with Crippen molar-refractivity contribution < 1.29 is 9.53 Å². The SMILES string of the molecule is COc1ccccc1CCNC(=O)[C@@H]1CCCN(c2nnc(-n3cccc3)s2)C1. The van der Waals surface area contributed by atoms with Crippen LogP contribution in [0.15, 0.2) is 48.8 Å². The highest BCUT2D eigenvalue weighted by atomic mass is 32.1. The van der Waals surface area contributed by atoms with Crippen molar-refractivity contribution in [3.05, 3.63) is 54.4 Å². The summed E-state index contributed by atoms with van der Waals surface area (Å²) in [5.41, 5.74) is 1.10. The Balaban J connectivity index is 1.31. The van der Waals surface area contributed by atoms with E-state index < -0.39 is 0 Å². The number of aromatic nitrogens is 3. The second kappa shape index (κ2) is 9.09. The van der Waals surface area contributed by atoms with Crippen LogP contribution in [-0.4, -0.2) is 47.4 Å². The Kier molecular flexibility index (Phi) is 6.09. The molecule has 1 aliphatic rings. The van der Waals surface area contributed by atoms with Crippen LogP contribution >= 0.6 is 11.3 Å². The summed E-state index contributed by atoms with van der Waals surface area (Å²) in [6.07, 6.45) is 6.54. The number of rotatable bonds is 7. The number of amides is 1. The molecule has 1 amide bonds. The van der Waals surface area contributed by atoms with Crippen LogP contribution < -0.4 is 15.0 Å². The molecule has 1 fully saturated rings. The lowest BCUT2D eigenvalue weighted by molar-refractivity contribution is -0.125. The molecule has 29 heavy (non-hydrogen) atoms. The quantitative estimate of drug-likeness (QED) is 0.647. The Hall–Kier alpha value is -2.87. The summed E-state index contributed by atoms with van der Waals surface area (Å²) in [7, 11) is 1.67. The maximum atomic E-state index is 12.7. The number of carbonyl (C=O) groups is 1. The van der Waals surface area contributed by atoms with Crippen molar-refractivity contribution in [2.24, 2.45) is 5.92 Å². The number of para-hydroxylation sites is 1. The van der Waals surface area contributed by atoms with Gasteiger partial charge >= 0.3 is 0 Å². The van der Waals surface area contributed by atoms with Crippen molar-refractivity contribution in [3.63, 3.8) is 0 Å². The predicted octanol–water partition coefficient (Wildman–Crippen LogP) is 2.91. The van der Waals surface area contributed by atoms with Gasteiger partial charge in [0.05, 0.1) is 13.0 Å². The Morgan fingerprint density at radius 3 is 2.83 bits per heavy atom. The number of ether oxygens (including phenoxy) is 1. The summed E-state index contributed by atoms with van der Waals surface area (Å²) in [5.74, 6) is 0.945. The van der Waals surface area contributed by atoms with Crippen LogP contribution in [0.25, 0.3) is 5.13 Å². The van der Waals surface area contributed by atoms with Gasteiger partial charge in [-0.25, -0.2) is 0 Å². The number of benzene rings is 1. The molecule has 0 radical (unpaired) electrons. The molecule has 1 saturated heterocycles. The molecule has 0 unspecified atom stereocenters. The molecule has 4 rings (SSSR count). The molecule has 0 saturated carbocycles. The fraction of sp³-hybridized carbons (Fsp3) is 0.381. The van der Waals surface area contributed by atoms with Crippen molar-refractivity contribution >= 4 is 22.4 Å². The average Bonchev–Trinajstić information content (AvgIpc) is 3.46. The van der Waals surface area contributed by atoms with Gasteiger partial charge in [0.25, 0.3) is 0 Å². The lowest BCUT2D eigenvalue weighted by Gasteiger charge is -2.31. The summed E-state index contributed by atoms with van der Waals surface area (Å²) < 4.78 is 7.33. The Bertz CT molecular complexity index is 940. The van der Waals surface area contributed by atoms with E-state index in [4.69, 9.17) is 4.74 Å². The molecule has 3 aromatic rings. The summed E-state index contributed by atoms with van der Waals surface area (Å²) in [4.78, 5) is 14.9. The fourth-order valence-electron chi connectivity index (χ4n) is 3.64. The van der Waals surface area contributed by atoms with Gasteiger partial charge in [-0.05, 0) is 43.0 Å². The van der Waals surface area contributed by atoms with E-state index in [1.165, 1.54) is 0 Å². The van der Waals surface area contributed by atoms with Gasteiger partial charge in [-0.15, -0.1) is 10.2 Å². The van der Waals surface area contributed by atoms with E-state index in [-0.39, 0.29) is 11.8 Å². The van der Waals surface area contributed by atoms with Crippen LogP contribution in [0.1, 0.15) is 18.4 Å². The van der Waals surface area contributed by atoms with E-state index in [0.717, 1.165) is 47.4 Å². The molecule has 3 heterocycles. The van der Waals surface area contributed by atoms with Crippen LogP contribution in [0.4, 0.5) is 5.13 Å². The molecule has 1 aromatic carbocycles. The molecule has 8 heteroatoms. The number of nitrogens with zero attached hydrogens (tertiary/aromatic N) is 4. The molecule has 0 bridgehead atoms. The van der Waals surface area contributed by atoms with Crippen LogP contribution in [0.5, 0.6) is 5.75 Å². The second-order valence-corrected chi connectivity index (χ2v) is 8.03. The van der Waals surface area contributed by atoms with Crippen molar-refractivity contribution in [2.75, 3.05) is 31.6 Å². The third kappa shape index (κ3) is 4.59. The van der Waals surface area contributed by atoms with E-state index in [0.29, 0.717) is 13.1 Å². The number of methoxy groups -OCH3 is 1. The summed E-state index contributed by atoms with van der Waals surface area (Å²) in [6, 6.07) is 11.8. The Labute approximate surface area is 174 Å². The zero-order chi connectivity index (χ0) is 20.1. The standard InChI is InChI=1S/C21H25N5O2S/c1-28-18-9-3-2-7-16(18)10-11-22-19(27)17-8-6-14-26(15-17)21-24-23-20(29-21)25-12-4-5-13-25/h2-5,7,9,12-13,17H,6,8,10-11,14-15H2,1H3,(H,22,27)/t17-/m1/s1. The summed E-state index contributed by atoms with van der Waals surface area (Å²) in [5, 5.41) is 13.4. The molecule has 1 N–H and O–H groups in total. The third-order valence-corrected chi connectivity index (χ3v) is 6.18. The van der Waals surface area contributed by atoms with Crippen LogP contribution in [0, 0.1) is 5.92 Å². The van der Waals surface area contributed by atoms with E-state index in [9.17, 15) is 4.79 Å². The van der Waals surface area contributed by atoms with E-state index in [1.807, 2.05) is 53.4 Å². The smallest absolute Gasteiger partial charge is 0.224 e. The van der Waals surface area contributed by atoms with Gasteiger partial charge in [0.15, 0.2) is 0 Å². The number of hydrogen-bond donors (Lipinski definition) is 1. The van der Waals surface area contributed by atoms with Crippen LogP contribution in [-0.2, 0) is 11.2 Å². The van der Waals surface area contributed by atoms with Crippen molar-refractivity contribution in [1.29, 1.82) is 0 Å².